The molecule has 0 bridgehead atoms. The second-order valence-corrected chi connectivity index (χ2v) is 6.25. The quantitative estimate of drug-likeness (QED) is 0.845. The Morgan fingerprint density at radius 3 is 2.39 bits per heavy atom. The topological polar surface area (TPSA) is 34.1 Å². The highest BCUT2D eigenvalue weighted by Crippen LogP contribution is 2.25. The van der Waals surface area contributed by atoms with E-state index in [1.54, 1.807) is 6.07 Å². The normalized spacial score (nSPS) is 14.5. The lowest BCUT2D eigenvalue weighted by molar-refractivity contribution is -0.106. The minimum absolute atomic E-state index is 0.117. The number of alkyl halides is 3. The van der Waals surface area contributed by atoms with Crippen LogP contribution in [0.2, 0.25) is 0 Å². The van der Waals surface area contributed by atoms with Crippen LogP contribution in [0.4, 0.5) is 13.2 Å². The molecule has 1 rings (SSSR count). The molecule has 0 aliphatic carbocycles. The van der Waals surface area contributed by atoms with Crippen molar-refractivity contribution in [3.05, 3.63) is 29.8 Å². The van der Waals surface area contributed by atoms with Crippen LogP contribution in [0.3, 0.4) is 0 Å². The molecule has 1 unspecified atom stereocenters. The van der Waals surface area contributed by atoms with Crippen LogP contribution in [0.25, 0.3) is 0 Å². The number of rotatable bonds is 4. The van der Waals surface area contributed by atoms with Gasteiger partial charge in [-0.2, -0.15) is 13.2 Å². The summed E-state index contributed by atoms with van der Waals surface area (Å²) in [7, 11) is -4.31. The van der Waals surface area contributed by atoms with Gasteiger partial charge in [-0.15, -0.1) is 0 Å². The molecular weight excluding hydrogens is 265 g/mol. The summed E-state index contributed by atoms with van der Waals surface area (Å²) in [5.74, 6) is -1.70. The molecule has 0 spiro atoms. The maximum atomic E-state index is 12.2. The summed E-state index contributed by atoms with van der Waals surface area (Å²) in [6.07, 6.45) is -3.92. The SMILES string of the molecule is CCC(C)c1cccc(S(=O)(=O)CC(F)(F)F)c1. The van der Waals surface area contributed by atoms with E-state index in [0.717, 1.165) is 12.0 Å². The van der Waals surface area contributed by atoms with E-state index in [0.29, 0.717) is 0 Å². The van der Waals surface area contributed by atoms with Crippen molar-refractivity contribution in [2.45, 2.75) is 37.3 Å². The Morgan fingerprint density at radius 2 is 1.89 bits per heavy atom. The maximum absolute atomic E-state index is 12.2. The van der Waals surface area contributed by atoms with E-state index in [2.05, 4.69) is 0 Å². The highest BCUT2D eigenvalue weighted by molar-refractivity contribution is 7.91. The zero-order valence-corrected chi connectivity index (χ0v) is 11.0. The molecule has 0 heterocycles. The minimum Gasteiger partial charge on any atom is -0.223 e. The van der Waals surface area contributed by atoms with Crippen molar-refractivity contribution in [1.82, 2.24) is 0 Å². The average Bonchev–Trinajstić information content (AvgIpc) is 2.25. The van der Waals surface area contributed by atoms with Gasteiger partial charge in [0, 0.05) is 0 Å². The van der Waals surface area contributed by atoms with Gasteiger partial charge in [0.25, 0.3) is 0 Å². The highest BCUT2D eigenvalue weighted by Gasteiger charge is 2.36. The Morgan fingerprint density at radius 1 is 1.28 bits per heavy atom. The largest absolute Gasteiger partial charge is 0.403 e. The van der Waals surface area contributed by atoms with Crippen LogP contribution in [-0.4, -0.2) is 20.3 Å². The van der Waals surface area contributed by atoms with Crippen molar-refractivity contribution in [2.24, 2.45) is 0 Å². The molecule has 6 heteroatoms. The van der Waals surface area contributed by atoms with E-state index >= 15 is 0 Å². The molecule has 1 aromatic carbocycles. The second kappa shape index (κ2) is 5.30. The second-order valence-electron chi connectivity index (χ2n) is 4.26. The molecule has 0 saturated heterocycles. The van der Waals surface area contributed by atoms with Crippen LogP contribution in [0.5, 0.6) is 0 Å². The van der Waals surface area contributed by atoms with E-state index in [1.807, 2.05) is 13.8 Å². The first-order chi connectivity index (χ1) is 8.15. The minimum atomic E-state index is -4.72. The van der Waals surface area contributed by atoms with Gasteiger partial charge in [-0.1, -0.05) is 26.0 Å². The fourth-order valence-electron chi connectivity index (χ4n) is 1.55. The first-order valence-electron chi connectivity index (χ1n) is 5.55. The first-order valence-corrected chi connectivity index (χ1v) is 7.20. The van der Waals surface area contributed by atoms with Crippen LogP contribution < -0.4 is 0 Å². The fourth-order valence-corrected chi connectivity index (χ4v) is 2.75. The molecule has 0 radical (unpaired) electrons. The van der Waals surface area contributed by atoms with E-state index in [-0.39, 0.29) is 10.8 Å². The summed E-state index contributed by atoms with van der Waals surface area (Å²) in [5, 5.41) is 0. The van der Waals surface area contributed by atoms with Crippen LogP contribution in [0.1, 0.15) is 31.7 Å². The Hall–Kier alpha value is -1.04. The van der Waals surface area contributed by atoms with Crippen LogP contribution in [-0.2, 0) is 9.84 Å². The van der Waals surface area contributed by atoms with Gasteiger partial charge in [0.1, 0.15) is 0 Å². The molecule has 2 nitrogen and oxygen atoms in total. The van der Waals surface area contributed by atoms with Gasteiger partial charge >= 0.3 is 6.18 Å². The molecule has 0 saturated carbocycles. The first kappa shape index (κ1) is 15.0. The molecule has 102 valence electrons. The third-order valence-corrected chi connectivity index (χ3v) is 4.43. The third-order valence-electron chi connectivity index (χ3n) is 2.75. The smallest absolute Gasteiger partial charge is 0.223 e. The predicted octanol–water partition coefficient (Wildman–Crippen LogP) is 3.54. The molecule has 0 fully saturated rings. The molecule has 1 aromatic rings. The lowest BCUT2D eigenvalue weighted by Gasteiger charge is -2.12. The summed E-state index contributed by atoms with van der Waals surface area (Å²) in [4.78, 5) is -0.266. The Labute approximate surface area is 105 Å². The zero-order valence-electron chi connectivity index (χ0n) is 10.2. The molecule has 0 N–H and O–H groups in total. The zero-order chi connectivity index (χ0) is 14.0. The molecule has 0 aliphatic rings. The van der Waals surface area contributed by atoms with Gasteiger partial charge in [-0.3, -0.25) is 0 Å². The van der Waals surface area contributed by atoms with Crippen LogP contribution >= 0.6 is 0 Å². The van der Waals surface area contributed by atoms with Gasteiger partial charge in [-0.05, 0) is 30.0 Å². The molecule has 0 amide bonds. The van der Waals surface area contributed by atoms with Crippen molar-refractivity contribution in [3.8, 4) is 0 Å². The Kier molecular flexibility index (Phi) is 4.42. The summed E-state index contributed by atoms with van der Waals surface area (Å²) < 4.78 is 59.7. The van der Waals surface area contributed by atoms with E-state index in [9.17, 15) is 21.6 Å². The van der Waals surface area contributed by atoms with Crippen LogP contribution in [0, 0.1) is 0 Å². The van der Waals surface area contributed by atoms with Crippen molar-refractivity contribution in [1.29, 1.82) is 0 Å². The monoisotopic (exact) mass is 280 g/mol. The summed E-state index contributed by atoms with van der Waals surface area (Å²) >= 11 is 0. The average molecular weight is 280 g/mol. The van der Waals surface area contributed by atoms with E-state index in [4.69, 9.17) is 0 Å². The maximum Gasteiger partial charge on any atom is 0.403 e. The number of benzene rings is 1. The third kappa shape index (κ3) is 4.01. The molecule has 18 heavy (non-hydrogen) atoms. The number of sulfone groups is 1. The van der Waals surface area contributed by atoms with Crippen molar-refractivity contribution < 1.29 is 21.6 Å². The van der Waals surface area contributed by atoms with E-state index in [1.165, 1.54) is 18.2 Å². The molecule has 0 aliphatic heterocycles. The molecule has 1 atom stereocenters. The van der Waals surface area contributed by atoms with Gasteiger partial charge in [0.15, 0.2) is 15.6 Å². The molecule has 0 aromatic heterocycles. The fraction of sp³-hybridized carbons (Fsp3) is 0.500. The lowest BCUT2D eigenvalue weighted by atomic mass is 9.99. The Bertz CT molecular complexity index is 506. The lowest BCUT2D eigenvalue weighted by Crippen LogP contribution is -2.23. The number of halogens is 3. The van der Waals surface area contributed by atoms with Gasteiger partial charge < -0.3 is 0 Å². The van der Waals surface area contributed by atoms with Crippen molar-refractivity contribution in [3.63, 3.8) is 0 Å². The van der Waals surface area contributed by atoms with Crippen molar-refractivity contribution in [2.75, 3.05) is 5.75 Å². The standard InChI is InChI=1S/C12H15F3O2S/c1-3-9(2)10-5-4-6-11(7-10)18(16,17)8-12(13,14)15/h4-7,9H,3,8H2,1-2H3. The van der Waals surface area contributed by atoms with Gasteiger partial charge in [0.05, 0.1) is 4.90 Å². The highest BCUT2D eigenvalue weighted by atomic mass is 32.2. The predicted molar refractivity (Wildman–Crippen MR) is 63.3 cm³/mol. The Balaban J connectivity index is 3.10. The van der Waals surface area contributed by atoms with Gasteiger partial charge in [-0.25, -0.2) is 8.42 Å². The van der Waals surface area contributed by atoms with Crippen molar-refractivity contribution >= 4 is 9.84 Å². The van der Waals surface area contributed by atoms with E-state index < -0.39 is 21.8 Å². The summed E-state index contributed by atoms with van der Waals surface area (Å²) in [6, 6.07) is 5.73. The number of hydrogen-bond donors (Lipinski definition) is 0. The van der Waals surface area contributed by atoms with Gasteiger partial charge in [0.2, 0.25) is 0 Å². The summed E-state index contributed by atoms with van der Waals surface area (Å²) in [6.45, 7) is 3.83. The van der Waals surface area contributed by atoms with Crippen LogP contribution in [0.15, 0.2) is 29.2 Å². The molecular formula is C12H15F3O2S. The number of hydrogen-bond acceptors (Lipinski definition) is 2. The summed E-state index contributed by atoms with van der Waals surface area (Å²) in [5.41, 5.74) is 0.737.